The predicted molar refractivity (Wildman–Crippen MR) is 101 cm³/mol. The minimum atomic E-state index is 0. The molecule has 0 aliphatic heterocycles. The number of rotatable bonds is 3. The Bertz CT molecular complexity index is 510. The molecule has 4 nitrogen and oxygen atoms in total. The smallest absolute Gasteiger partial charge is 0.191 e. The molecule has 0 unspecified atom stereocenters. The maximum absolute atomic E-state index is 8.79. The molecular formula is C17H25IN4. The van der Waals surface area contributed by atoms with E-state index < -0.39 is 0 Å². The topological polar surface area (TPSA) is 60.2 Å². The summed E-state index contributed by atoms with van der Waals surface area (Å²) in [7, 11) is 1.81. The van der Waals surface area contributed by atoms with Gasteiger partial charge in [-0.15, -0.1) is 24.0 Å². The van der Waals surface area contributed by atoms with Gasteiger partial charge in [0.25, 0.3) is 0 Å². The van der Waals surface area contributed by atoms with Crippen LogP contribution in [0, 0.1) is 17.2 Å². The van der Waals surface area contributed by atoms with Crippen LogP contribution in [0.2, 0.25) is 0 Å². The summed E-state index contributed by atoms with van der Waals surface area (Å²) in [5.74, 6) is 1.72. The largest absolute Gasteiger partial charge is 0.354 e. The fourth-order valence-electron chi connectivity index (χ4n) is 2.68. The second-order valence-electron chi connectivity index (χ2n) is 5.84. The number of nitrogens with one attached hydrogen (secondary N) is 2. The quantitative estimate of drug-likeness (QED) is 0.455. The first kappa shape index (κ1) is 18.8. The highest BCUT2D eigenvalue weighted by molar-refractivity contribution is 14.0. The molecule has 0 aromatic heterocycles. The molecule has 1 aliphatic rings. The minimum absolute atomic E-state index is 0. The first-order chi connectivity index (χ1) is 10.2. The second-order valence-corrected chi connectivity index (χ2v) is 5.84. The summed E-state index contributed by atoms with van der Waals surface area (Å²) in [6, 6.07) is 10.3. The summed E-state index contributed by atoms with van der Waals surface area (Å²) in [6.07, 6.45) is 5.03. The van der Waals surface area contributed by atoms with E-state index in [4.69, 9.17) is 5.26 Å². The summed E-state index contributed by atoms with van der Waals surface area (Å²) in [6.45, 7) is 3.04. The summed E-state index contributed by atoms with van der Waals surface area (Å²) in [5, 5.41) is 15.6. The molecule has 5 heteroatoms. The number of nitriles is 1. The third-order valence-corrected chi connectivity index (χ3v) is 4.12. The van der Waals surface area contributed by atoms with Gasteiger partial charge in [-0.2, -0.15) is 5.26 Å². The highest BCUT2D eigenvalue weighted by Crippen LogP contribution is 2.23. The number of halogens is 1. The van der Waals surface area contributed by atoms with Gasteiger partial charge in [0.15, 0.2) is 5.96 Å². The Kier molecular flexibility index (Phi) is 8.25. The van der Waals surface area contributed by atoms with Crippen LogP contribution in [-0.2, 0) is 6.54 Å². The third-order valence-electron chi connectivity index (χ3n) is 4.12. The third kappa shape index (κ3) is 5.84. The lowest BCUT2D eigenvalue weighted by atomic mass is 9.87. The molecular weight excluding hydrogens is 387 g/mol. The van der Waals surface area contributed by atoms with Gasteiger partial charge in [0.2, 0.25) is 0 Å². The van der Waals surface area contributed by atoms with Gasteiger partial charge in [0.05, 0.1) is 11.6 Å². The zero-order valence-electron chi connectivity index (χ0n) is 13.3. The average Bonchev–Trinajstić information content (AvgIpc) is 2.53. The minimum Gasteiger partial charge on any atom is -0.354 e. The van der Waals surface area contributed by atoms with Gasteiger partial charge in [-0.25, -0.2) is 0 Å². The maximum Gasteiger partial charge on any atom is 0.191 e. The molecule has 0 saturated heterocycles. The lowest BCUT2D eigenvalue weighted by Crippen LogP contribution is -2.44. The molecule has 0 amide bonds. The van der Waals surface area contributed by atoms with Crippen LogP contribution in [0.3, 0.4) is 0 Å². The fraction of sp³-hybridized carbons (Fsp3) is 0.529. The number of hydrogen-bond donors (Lipinski definition) is 2. The van der Waals surface area contributed by atoms with Gasteiger partial charge >= 0.3 is 0 Å². The van der Waals surface area contributed by atoms with Crippen LogP contribution >= 0.6 is 24.0 Å². The fourth-order valence-corrected chi connectivity index (χ4v) is 2.68. The van der Waals surface area contributed by atoms with E-state index in [1.807, 2.05) is 24.3 Å². The molecule has 2 rings (SSSR count). The van der Waals surface area contributed by atoms with Crippen molar-refractivity contribution in [1.82, 2.24) is 10.6 Å². The van der Waals surface area contributed by atoms with Crippen molar-refractivity contribution in [2.45, 2.75) is 45.2 Å². The number of nitrogens with zero attached hydrogens (tertiary/aromatic N) is 2. The number of hydrogen-bond acceptors (Lipinski definition) is 2. The Morgan fingerprint density at radius 1 is 1.23 bits per heavy atom. The Hall–Kier alpha value is -1.29. The van der Waals surface area contributed by atoms with E-state index >= 15 is 0 Å². The highest BCUT2D eigenvalue weighted by atomic mass is 127. The summed E-state index contributed by atoms with van der Waals surface area (Å²) in [4.78, 5) is 4.29. The van der Waals surface area contributed by atoms with E-state index in [0.717, 1.165) is 17.4 Å². The van der Waals surface area contributed by atoms with Crippen LogP contribution in [-0.4, -0.2) is 19.0 Å². The zero-order valence-corrected chi connectivity index (χ0v) is 15.6. The van der Waals surface area contributed by atoms with Gasteiger partial charge < -0.3 is 10.6 Å². The molecule has 0 radical (unpaired) electrons. The van der Waals surface area contributed by atoms with Gasteiger partial charge in [-0.3, -0.25) is 4.99 Å². The number of aliphatic imine (C=N–C) groups is 1. The molecule has 120 valence electrons. The summed E-state index contributed by atoms with van der Waals surface area (Å²) in [5.41, 5.74) is 1.84. The molecule has 0 bridgehead atoms. The number of guanidine groups is 1. The van der Waals surface area contributed by atoms with Crippen LogP contribution in [0.1, 0.15) is 43.7 Å². The molecule has 2 N–H and O–H groups in total. The molecule has 1 saturated carbocycles. The van der Waals surface area contributed by atoms with E-state index in [2.05, 4.69) is 28.6 Å². The Morgan fingerprint density at radius 3 is 2.41 bits per heavy atom. The van der Waals surface area contributed by atoms with Crippen molar-refractivity contribution >= 4 is 29.9 Å². The zero-order chi connectivity index (χ0) is 15.1. The van der Waals surface area contributed by atoms with Gasteiger partial charge in [-0.05, 0) is 49.3 Å². The lowest BCUT2D eigenvalue weighted by Gasteiger charge is -2.28. The molecule has 1 aromatic carbocycles. The van der Waals surface area contributed by atoms with Crippen molar-refractivity contribution in [2.24, 2.45) is 10.9 Å². The van der Waals surface area contributed by atoms with Crippen molar-refractivity contribution < 1.29 is 0 Å². The van der Waals surface area contributed by atoms with Crippen molar-refractivity contribution in [1.29, 1.82) is 5.26 Å². The molecule has 1 aliphatic carbocycles. The molecule has 0 atom stereocenters. The van der Waals surface area contributed by atoms with E-state index in [-0.39, 0.29) is 24.0 Å². The second kappa shape index (κ2) is 9.67. The normalized spacial score (nSPS) is 21.4. The predicted octanol–water partition coefficient (Wildman–Crippen LogP) is 3.42. The molecule has 1 fully saturated rings. The number of benzene rings is 1. The van der Waals surface area contributed by atoms with Crippen LogP contribution in [0.5, 0.6) is 0 Å². The maximum atomic E-state index is 8.79. The first-order valence-corrected chi connectivity index (χ1v) is 7.67. The van der Waals surface area contributed by atoms with Crippen molar-refractivity contribution in [2.75, 3.05) is 7.05 Å². The van der Waals surface area contributed by atoms with E-state index in [1.54, 1.807) is 7.05 Å². The SMILES string of the molecule is CN=C(NCc1ccc(C#N)cc1)NC1CCC(C)CC1.I. The van der Waals surface area contributed by atoms with Crippen LogP contribution in [0.25, 0.3) is 0 Å². The van der Waals surface area contributed by atoms with E-state index in [0.29, 0.717) is 18.2 Å². The van der Waals surface area contributed by atoms with Crippen LogP contribution in [0.4, 0.5) is 0 Å². The summed E-state index contributed by atoms with van der Waals surface area (Å²) < 4.78 is 0. The van der Waals surface area contributed by atoms with Gasteiger partial charge in [0, 0.05) is 19.6 Å². The van der Waals surface area contributed by atoms with Crippen LogP contribution in [0.15, 0.2) is 29.3 Å². The standard InChI is InChI=1S/C17H24N4.HI/c1-13-3-9-16(10-4-13)21-17(19-2)20-12-15-7-5-14(11-18)6-8-15;/h5-8,13,16H,3-4,9-10,12H2,1-2H3,(H2,19,20,21);1H. The molecule has 0 spiro atoms. The molecule has 0 heterocycles. The van der Waals surface area contributed by atoms with Crippen molar-refractivity contribution in [3.8, 4) is 6.07 Å². The summed E-state index contributed by atoms with van der Waals surface area (Å²) >= 11 is 0. The van der Waals surface area contributed by atoms with Gasteiger partial charge in [0.1, 0.15) is 0 Å². The molecule has 22 heavy (non-hydrogen) atoms. The van der Waals surface area contributed by atoms with Gasteiger partial charge in [-0.1, -0.05) is 19.1 Å². The monoisotopic (exact) mass is 412 g/mol. The molecule has 1 aromatic rings. The Labute approximate surface area is 150 Å². The van der Waals surface area contributed by atoms with E-state index in [1.165, 1.54) is 25.7 Å². The van der Waals surface area contributed by atoms with E-state index in [9.17, 15) is 0 Å². The highest BCUT2D eigenvalue weighted by Gasteiger charge is 2.18. The first-order valence-electron chi connectivity index (χ1n) is 7.67. The Morgan fingerprint density at radius 2 is 1.86 bits per heavy atom. The Balaban J connectivity index is 0.00000242. The lowest BCUT2D eigenvalue weighted by molar-refractivity contribution is 0.329. The van der Waals surface area contributed by atoms with Crippen LogP contribution < -0.4 is 10.6 Å². The van der Waals surface area contributed by atoms with Crippen molar-refractivity contribution in [3.05, 3.63) is 35.4 Å². The van der Waals surface area contributed by atoms with Crippen molar-refractivity contribution in [3.63, 3.8) is 0 Å². The average molecular weight is 412 g/mol.